The van der Waals surface area contributed by atoms with Crippen LogP contribution in [0.4, 0.5) is 0 Å². The molecule has 2 unspecified atom stereocenters. The molecule has 0 bridgehead atoms. The molecule has 1 fully saturated rings. The number of imidazole rings is 1. The molecular weight excluding hydrogens is 435 g/mol. The summed E-state index contributed by atoms with van der Waals surface area (Å²) in [7, 11) is 0. The Morgan fingerprint density at radius 2 is 2.03 bits per heavy atom. The van der Waals surface area contributed by atoms with Gasteiger partial charge in [0.1, 0.15) is 18.0 Å². The number of amides is 1. The van der Waals surface area contributed by atoms with Crippen molar-refractivity contribution in [3.8, 4) is 5.75 Å². The lowest BCUT2D eigenvalue weighted by Crippen LogP contribution is -2.45. The van der Waals surface area contributed by atoms with Crippen molar-refractivity contribution in [2.45, 2.75) is 39.3 Å². The SMILES string of the molecule is Cc1cccn2cc(COc3ccccc3C(=O)N3CCCC(C(C)N)C3)nc12.Cl.Cl. The molecule has 1 aromatic carbocycles. The first-order valence-corrected chi connectivity index (χ1v) is 10.2. The minimum Gasteiger partial charge on any atom is -0.486 e. The second-order valence-electron chi connectivity index (χ2n) is 7.95. The molecule has 2 atom stereocenters. The van der Waals surface area contributed by atoms with Gasteiger partial charge in [-0.25, -0.2) is 4.98 Å². The number of nitrogens with zero attached hydrogens (tertiary/aromatic N) is 3. The largest absolute Gasteiger partial charge is 0.486 e. The average molecular weight is 465 g/mol. The van der Waals surface area contributed by atoms with Crippen LogP contribution in [-0.2, 0) is 6.61 Å². The lowest BCUT2D eigenvalue weighted by molar-refractivity contribution is 0.0656. The van der Waals surface area contributed by atoms with Gasteiger partial charge in [-0.3, -0.25) is 4.79 Å². The fraction of sp³-hybridized carbons (Fsp3) is 0.391. The number of ether oxygens (including phenoxy) is 1. The molecule has 3 heterocycles. The highest BCUT2D eigenvalue weighted by atomic mass is 35.5. The maximum absolute atomic E-state index is 13.2. The standard InChI is InChI=1S/C23H28N4O2.2ClH/c1-16-7-5-11-26-14-19(25-22(16)26)15-29-21-10-4-3-9-20(21)23(28)27-12-6-8-18(13-27)17(2)24;;/h3-5,7,9-11,14,17-18H,6,8,12-13,15,24H2,1-2H3;2*1H. The molecule has 8 heteroatoms. The van der Waals surface area contributed by atoms with Gasteiger partial charge in [0.2, 0.25) is 0 Å². The first kappa shape index (κ1) is 25.0. The molecule has 31 heavy (non-hydrogen) atoms. The van der Waals surface area contributed by atoms with E-state index in [1.165, 1.54) is 0 Å². The maximum atomic E-state index is 13.2. The van der Waals surface area contributed by atoms with Crippen LogP contribution < -0.4 is 10.5 Å². The number of nitrogens with two attached hydrogens (primary N) is 1. The molecule has 3 aromatic rings. The molecule has 1 saturated heterocycles. The lowest BCUT2D eigenvalue weighted by atomic mass is 9.92. The van der Waals surface area contributed by atoms with E-state index in [1.54, 1.807) is 0 Å². The summed E-state index contributed by atoms with van der Waals surface area (Å²) in [6, 6.07) is 11.6. The highest BCUT2D eigenvalue weighted by Crippen LogP contribution is 2.25. The number of pyridine rings is 1. The Morgan fingerprint density at radius 3 is 2.77 bits per heavy atom. The molecular formula is C23H30Cl2N4O2. The van der Waals surface area contributed by atoms with Gasteiger partial charge in [-0.15, -0.1) is 24.8 Å². The van der Waals surface area contributed by atoms with Gasteiger partial charge >= 0.3 is 0 Å². The summed E-state index contributed by atoms with van der Waals surface area (Å²) in [5.74, 6) is 0.952. The molecule has 2 N–H and O–H groups in total. The van der Waals surface area contributed by atoms with Crippen LogP contribution in [0.15, 0.2) is 48.8 Å². The number of carbonyl (C=O) groups is 1. The fourth-order valence-corrected chi connectivity index (χ4v) is 3.99. The van der Waals surface area contributed by atoms with Crippen LogP contribution in [0, 0.1) is 12.8 Å². The Bertz CT molecular complexity index is 1020. The predicted molar refractivity (Wildman–Crippen MR) is 127 cm³/mol. The second kappa shape index (κ2) is 10.8. The van der Waals surface area contributed by atoms with Gasteiger partial charge < -0.3 is 19.8 Å². The number of hydrogen-bond donors (Lipinski definition) is 1. The zero-order valence-electron chi connectivity index (χ0n) is 17.9. The van der Waals surface area contributed by atoms with Crippen molar-refractivity contribution in [3.63, 3.8) is 0 Å². The highest BCUT2D eigenvalue weighted by Gasteiger charge is 2.27. The first-order chi connectivity index (χ1) is 14.0. The van der Waals surface area contributed by atoms with E-state index >= 15 is 0 Å². The minimum absolute atomic E-state index is 0. The smallest absolute Gasteiger partial charge is 0.257 e. The maximum Gasteiger partial charge on any atom is 0.257 e. The van der Waals surface area contributed by atoms with Crippen LogP contribution in [0.3, 0.4) is 0 Å². The normalized spacial score (nSPS) is 16.9. The number of fused-ring (bicyclic) bond motifs is 1. The number of piperidine rings is 1. The molecule has 0 aliphatic carbocycles. The van der Waals surface area contributed by atoms with Crippen molar-refractivity contribution < 1.29 is 9.53 Å². The fourth-order valence-electron chi connectivity index (χ4n) is 3.99. The van der Waals surface area contributed by atoms with E-state index in [0.717, 1.165) is 36.3 Å². The van der Waals surface area contributed by atoms with Crippen LogP contribution in [0.25, 0.3) is 5.65 Å². The average Bonchev–Trinajstić information content (AvgIpc) is 3.16. The number of aryl methyl sites for hydroxylation is 1. The van der Waals surface area contributed by atoms with E-state index in [9.17, 15) is 4.79 Å². The molecule has 0 spiro atoms. The number of aromatic nitrogens is 2. The van der Waals surface area contributed by atoms with E-state index < -0.39 is 0 Å². The summed E-state index contributed by atoms with van der Waals surface area (Å²) in [4.78, 5) is 19.7. The van der Waals surface area contributed by atoms with Crippen molar-refractivity contribution in [1.82, 2.24) is 14.3 Å². The second-order valence-corrected chi connectivity index (χ2v) is 7.95. The zero-order chi connectivity index (χ0) is 20.4. The van der Waals surface area contributed by atoms with E-state index in [2.05, 4.69) is 4.98 Å². The summed E-state index contributed by atoms with van der Waals surface area (Å²) in [6.07, 6.45) is 6.00. The van der Waals surface area contributed by atoms with Gasteiger partial charge in [-0.05, 0) is 56.4 Å². The van der Waals surface area contributed by atoms with Gasteiger partial charge in [0.05, 0.1) is 11.3 Å². The van der Waals surface area contributed by atoms with Crippen molar-refractivity contribution in [2.24, 2.45) is 11.7 Å². The van der Waals surface area contributed by atoms with Gasteiger partial charge in [0.15, 0.2) is 0 Å². The minimum atomic E-state index is 0. The third kappa shape index (κ3) is 5.50. The zero-order valence-corrected chi connectivity index (χ0v) is 19.5. The summed E-state index contributed by atoms with van der Waals surface area (Å²) < 4.78 is 8.02. The Labute approximate surface area is 195 Å². The van der Waals surface area contributed by atoms with Crippen molar-refractivity contribution in [1.29, 1.82) is 0 Å². The summed E-state index contributed by atoms with van der Waals surface area (Å²) in [5.41, 5.74) is 9.54. The first-order valence-electron chi connectivity index (χ1n) is 10.2. The van der Waals surface area contributed by atoms with Crippen LogP contribution in [-0.4, -0.2) is 39.3 Å². The molecule has 0 saturated carbocycles. The molecule has 1 amide bonds. The van der Waals surface area contributed by atoms with Crippen molar-refractivity contribution in [3.05, 3.63) is 65.6 Å². The van der Waals surface area contributed by atoms with Crippen LogP contribution >= 0.6 is 24.8 Å². The van der Waals surface area contributed by atoms with Gasteiger partial charge in [-0.1, -0.05) is 18.2 Å². The van der Waals surface area contributed by atoms with E-state index in [0.29, 0.717) is 30.4 Å². The molecule has 2 aromatic heterocycles. The molecule has 0 radical (unpaired) electrons. The number of hydrogen-bond acceptors (Lipinski definition) is 4. The third-order valence-electron chi connectivity index (χ3n) is 5.71. The Morgan fingerprint density at radius 1 is 1.26 bits per heavy atom. The number of carbonyl (C=O) groups excluding carboxylic acids is 1. The predicted octanol–water partition coefficient (Wildman–Crippen LogP) is 4.26. The Kier molecular flexibility index (Phi) is 8.74. The number of rotatable bonds is 5. The van der Waals surface area contributed by atoms with E-state index in [1.807, 2.05) is 71.9 Å². The summed E-state index contributed by atoms with van der Waals surface area (Å²) in [6.45, 7) is 5.84. The number of halogens is 2. The van der Waals surface area contributed by atoms with Crippen LogP contribution in [0.2, 0.25) is 0 Å². The summed E-state index contributed by atoms with van der Waals surface area (Å²) >= 11 is 0. The quantitative estimate of drug-likeness (QED) is 0.611. The highest BCUT2D eigenvalue weighted by molar-refractivity contribution is 5.97. The molecule has 1 aliphatic heterocycles. The van der Waals surface area contributed by atoms with Crippen LogP contribution in [0.5, 0.6) is 5.75 Å². The molecule has 1 aliphatic rings. The van der Waals surface area contributed by atoms with Crippen LogP contribution in [0.1, 0.15) is 41.4 Å². The Hall–Kier alpha value is -2.28. The summed E-state index contributed by atoms with van der Waals surface area (Å²) in [5, 5.41) is 0. The van der Waals surface area contributed by atoms with E-state index in [-0.39, 0.29) is 36.8 Å². The molecule has 6 nitrogen and oxygen atoms in total. The van der Waals surface area contributed by atoms with Crippen molar-refractivity contribution in [2.75, 3.05) is 13.1 Å². The van der Waals surface area contributed by atoms with E-state index in [4.69, 9.17) is 10.5 Å². The third-order valence-corrected chi connectivity index (χ3v) is 5.71. The monoisotopic (exact) mass is 464 g/mol. The Balaban J connectivity index is 0.00000171. The lowest BCUT2D eigenvalue weighted by Gasteiger charge is -2.34. The molecule has 168 valence electrons. The van der Waals surface area contributed by atoms with Gasteiger partial charge in [-0.2, -0.15) is 0 Å². The topological polar surface area (TPSA) is 72.9 Å². The number of benzene rings is 1. The van der Waals surface area contributed by atoms with Crippen molar-refractivity contribution >= 4 is 36.4 Å². The number of likely N-dealkylation sites (tertiary alicyclic amines) is 1. The van der Waals surface area contributed by atoms with Gasteiger partial charge in [0, 0.05) is 31.5 Å². The number of para-hydroxylation sites is 1. The van der Waals surface area contributed by atoms with Gasteiger partial charge in [0.25, 0.3) is 5.91 Å². The molecule has 4 rings (SSSR count).